The Morgan fingerprint density at radius 1 is 1.35 bits per heavy atom. The van der Waals surface area contributed by atoms with Gasteiger partial charge in [-0.2, -0.15) is 0 Å². The molecule has 0 bridgehead atoms. The molecule has 0 radical (unpaired) electrons. The summed E-state index contributed by atoms with van der Waals surface area (Å²) in [6, 6.07) is 4.69. The van der Waals surface area contributed by atoms with E-state index >= 15 is 0 Å². The first kappa shape index (κ1) is 12.4. The molecule has 2 rings (SSSR count). The zero-order valence-electron chi connectivity index (χ0n) is 10.3. The lowest BCUT2D eigenvalue weighted by Gasteiger charge is -2.34. The van der Waals surface area contributed by atoms with Gasteiger partial charge in [-0.3, -0.25) is 0 Å². The van der Waals surface area contributed by atoms with Gasteiger partial charge in [-0.15, -0.1) is 0 Å². The molecule has 0 aromatic heterocycles. The molecule has 2 nitrogen and oxygen atoms in total. The van der Waals surface area contributed by atoms with Gasteiger partial charge in [-0.05, 0) is 37.0 Å². The van der Waals surface area contributed by atoms with Gasteiger partial charge in [-0.25, -0.2) is 4.39 Å². The maximum absolute atomic E-state index is 13.1. The van der Waals surface area contributed by atoms with Gasteiger partial charge >= 0.3 is 0 Å². The van der Waals surface area contributed by atoms with Crippen LogP contribution in [0, 0.1) is 11.7 Å². The Morgan fingerprint density at radius 2 is 2.06 bits per heavy atom. The third kappa shape index (κ3) is 2.78. The van der Waals surface area contributed by atoms with Crippen LogP contribution in [0.4, 0.5) is 10.1 Å². The van der Waals surface area contributed by atoms with E-state index in [1.54, 1.807) is 6.07 Å². The van der Waals surface area contributed by atoms with E-state index in [0.717, 1.165) is 24.7 Å². The third-order valence-electron chi connectivity index (χ3n) is 3.74. The fourth-order valence-corrected chi connectivity index (χ4v) is 2.57. The molecule has 94 valence electrons. The van der Waals surface area contributed by atoms with Crippen LogP contribution in [0.5, 0.6) is 0 Å². The zero-order chi connectivity index (χ0) is 12.3. The van der Waals surface area contributed by atoms with E-state index < -0.39 is 0 Å². The summed E-state index contributed by atoms with van der Waals surface area (Å²) in [6.07, 6.45) is 3.63. The fourth-order valence-electron chi connectivity index (χ4n) is 2.57. The Morgan fingerprint density at radius 3 is 2.65 bits per heavy atom. The molecule has 1 aliphatic heterocycles. The molecular weight excluding hydrogens is 217 g/mol. The van der Waals surface area contributed by atoms with Crippen LogP contribution in [0.15, 0.2) is 18.2 Å². The van der Waals surface area contributed by atoms with Crippen molar-refractivity contribution in [3.8, 4) is 0 Å². The van der Waals surface area contributed by atoms with Gasteiger partial charge in [-0.1, -0.05) is 13.3 Å². The van der Waals surface area contributed by atoms with Crippen LogP contribution in [0.2, 0.25) is 0 Å². The average Bonchev–Trinajstić information content (AvgIpc) is 2.39. The number of benzene rings is 1. The number of anilines is 1. The molecule has 17 heavy (non-hydrogen) atoms. The molecule has 1 fully saturated rings. The zero-order valence-corrected chi connectivity index (χ0v) is 10.3. The molecule has 1 aliphatic rings. The molecule has 0 atom stereocenters. The smallest absolute Gasteiger partial charge is 0.123 e. The molecule has 1 N–H and O–H groups in total. The van der Waals surface area contributed by atoms with Crippen LogP contribution < -0.4 is 4.90 Å². The second-order valence-electron chi connectivity index (χ2n) is 4.77. The van der Waals surface area contributed by atoms with Crippen molar-refractivity contribution in [1.29, 1.82) is 0 Å². The predicted molar refractivity (Wildman–Crippen MR) is 67.6 cm³/mol. The maximum atomic E-state index is 13.1. The van der Waals surface area contributed by atoms with Gasteiger partial charge < -0.3 is 10.0 Å². The number of aliphatic hydroxyl groups is 1. The minimum atomic E-state index is -0.277. The minimum absolute atomic E-state index is 0.0964. The quantitative estimate of drug-likeness (QED) is 0.873. The van der Waals surface area contributed by atoms with E-state index in [-0.39, 0.29) is 12.4 Å². The first-order valence-corrected chi connectivity index (χ1v) is 6.38. The van der Waals surface area contributed by atoms with Crippen molar-refractivity contribution < 1.29 is 9.50 Å². The van der Waals surface area contributed by atoms with Crippen molar-refractivity contribution in [2.45, 2.75) is 32.8 Å². The van der Waals surface area contributed by atoms with Gasteiger partial charge in [0.25, 0.3) is 0 Å². The third-order valence-corrected chi connectivity index (χ3v) is 3.74. The number of rotatable bonds is 3. The molecule has 1 saturated heterocycles. The van der Waals surface area contributed by atoms with Crippen molar-refractivity contribution in [2.75, 3.05) is 18.0 Å². The van der Waals surface area contributed by atoms with Crippen LogP contribution in [0.25, 0.3) is 0 Å². The average molecular weight is 237 g/mol. The highest BCUT2D eigenvalue weighted by Crippen LogP contribution is 2.28. The van der Waals surface area contributed by atoms with Gasteiger partial charge in [0.05, 0.1) is 6.61 Å². The summed E-state index contributed by atoms with van der Waals surface area (Å²) < 4.78 is 13.1. The van der Waals surface area contributed by atoms with Crippen LogP contribution >= 0.6 is 0 Å². The Bertz CT molecular complexity index is 372. The molecule has 0 aliphatic carbocycles. The summed E-state index contributed by atoms with van der Waals surface area (Å²) in [5.74, 6) is 0.547. The van der Waals surface area contributed by atoms with E-state index in [1.165, 1.54) is 31.4 Å². The normalized spacial score (nSPS) is 17.5. The lowest BCUT2D eigenvalue weighted by molar-refractivity contribution is 0.281. The van der Waals surface area contributed by atoms with Crippen molar-refractivity contribution >= 4 is 5.69 Å². The van der Waals surface area contributed by atoms with Crippen molar-refractivity contribution in [1.82, 2.24) is 0 Å². The van der Waals surface area contributed by atoms with Crippen LogP contribution in [-0.4, -0.2) is 18.2 Å². The number of piperidine rings is 1. The number of hydrogen-bond acceptors (Lipinski definition) is 2. The lowest BCUT2D eigenvalue weighted by atomic mass is 9.94. The molecule has 0 saturated carbocycles. The molecule has 1 aromatic carbocycles. The molecule has 1 heterocycles. The second-order valence-corrected chi connectivity index (χ2v) is 4.77. The Labute approximate surface area is 102 Å². The van der Waals surface area contributed by atoms with Crippen molar-refractivity contribution in [3.63, 3.8) is 0 Å². The van der Waals surface area contributed by atoms with Crippen LogP contribution in [0.1, 0.15) is 31.7 Å². The topological polar surface area (TPSA) is 23.5 Å². The highest BCUT2D eigenvalue weighted by molar-refractivity contribution is 5.53. The highest BCUT2D eigenvalue weighted by atomic mass is 19.1. The van der Waals surface area contributed by atoms with Gasteiger partial charge in [0.15, 0.2) is 0 Å². The molecule has 0 spiro atoms. The summed E-state index contributed by atoms with van der Waals surface area (Å²) >= 11 is 0. The largest absolute Gasteiger partial charge is 0.392 e. The minimum Gasteiger partial charge on any atom is -0.392 e. The summed E-state index contributed by atoms with van der Waals surface area (Å²) in [6.45, 7) is 4.16. The monoisotopic (exact) mass is 237 g/mol. The Kier molecular flexibility index (Phi) is 4.00. The molecule has 0 amide bonds. The summed E-state index contributed by atoms with van der Waals surface area (Å²) in [5.41, 5.74) is 1.68. The number of aliphatic hydroxyl groups excluding tert-OH is 1. The van der Waals surface area contributed by atoms with Crippen LogP contribution in [0.3, 0.4) is 0 Å². The van der Waals surface area contributed by atoms with E-state index in [4.69, 9.17) is 0 Å². The van der Waals surface area contributed by atoms with Gasteiger partial charge in [0.2, 0.25) is 0 Å². The van der Waals surface area contributed by atoms with Crippen molar-refractivity contribution in [2.24, 2.45) is 5.92 Å². The first-order chi connectivity index (χ1) is 8.24. The van der Waals surface area contributed by atoms with E-state index in [0.29, 0.717) is 5.56 Å². The standard InChI is InChI=1S/C14H20FNO/c1-2-11-5-7-16(8-6-11)14-4-3-13(15)9-12(14)10-17/h3-4,9,11,17H,2,5-8,10H2,1H3. The summed E-state index contributed by atoms with van der Waals surface area (Å²) in [5, 5.41) is 9.28. The predicted octanol–water partition coefficient (Wildman–Crippen LogP) is 2.94. The van der Waals surface area contributed by atoms with E-state index in [9.17, 15) is 9.50 Å². The fraction of sp³-hybridized carbons (Fsp3) is 0.571. The van der Waals surface area contributed by atoms with Crippen LogP contribution in [-0.2, 0) is 6.61 Å². The van der Waals surface area contributed by atoms with Crippen molar-refractivity contribution in [3.05, 3.63) is 29.6 Å². The van der Waals surface area contributed by atoms with E-state index in [2.05, 4.69) is 11.8 Å². The summed E-state index contributed by atoms with van der Waals surface area (Å²) in [7, 11) is 0. The lowest BCUT2D eigenvalue weighted by Crippen LogP contribution is -2.34. The summed E-state index contributed by atoms with van der Waals surface area (Å²) in [4.78, 5) is 2.26. The maximum Gasteiger partial charge on any atom is 0.123 e. The SMILES string of the molecule is CCC1CCN(c2ccc(F)cc2CO)CC1. The van der Waals surface area contributed by atoms with Gasteiger partial charge in [0.1, 0.15) is 5.82 Å². The Balaban J connectivity index is 2.12. The molecule has 3 heteroatoms. The molecular formula is C14H20FNO. The second kappa shape index (κ2) is 5.50. The Hall–Kier alpha value is -1.09. The number of nitrogens with zero attached hydrogens (tertiary/aromatic N) is 1. The van der Waals surface area contributed by atoms with E-state index in [1.807, 2.05) is 0 Å². The highest BCUT2D eigenvalue weighted by Gasteiger charge is 2.19. The first-order valence-electron chi connectivity index (χ1n) is 6.38. The molecule has 0 unspecified atom stereocenters. The molecule has 1 aromatic rings. The number of halogens is 1. The van der Waals surface area contributed by atoms with Gasteiger partial charge in [0, 0.05) is 24.3 Å². The number of hydrogen-bond donors (Lipinski definition) is 1.